The highest BCUT2D eigenvalue weighted by molar-refractivity contribution is 7.13. The summed E-state index contributed by atoms with van der Waals surface area (Å²) >= 11 is 1.51. The molecular weight excluding hydrogens is 188 g/mol. The van der Waals surface area contributed by atoms with E-state index in [4.69, 9.17) is 4.74 Å². The molecule has 0 bridgehead atoms. The molecule has 1 saturated heterocycles. The van der Waals surface area contributed by atoms with E-state index in [1.807, 2.05) is 0 Å². The van der Waals surface area contributed by atoms with Crippen LogP contribution in [0.25, 0.3) is 0 Å². The Hall–Kier alpha value is -1.10. The molecule has 1 aliphatic rings. The molecule has 5 heteroatoms. The second-order valence-corrected chi connectivity index (χ2v) is 3.96. The molecule has 1 fully saturated rings. The molecule has 0 radical (unpaired) electrons. The molecule has 2 rings (SSSR count). The summed E-state index contributed by atoms with van der Waals surface area (Å²) in [7, 11) is 1.60. The molecule has 70 valence electrons. The Labute approximate surface area is 79.9 Å². The molecule has 13 heavy (non-hydrogen) atoms. The van der Waals surface area contributed by atoms with Crippen molar-refractivity contribution >= 4 is 17.2 Å². The van der Waals surface area contributed by atoms with Gasteiger partial charge in [0.25, 0.3) is 5.19 Å². The lowest BCUT2D eigenvalue weighted by molar-refractivity contribution is -0.119. The zero-order chi connectivity index (χ0) is 9.26. The summed E-state index contributed by atoms with van der Waals surface area (Å²) in [4.78, 5) is 16.1. The molecule has 1 atom stereocenters. The largest absolute Gasteiger partial charge is 0.473 e. The normalized spacial score (nSPS) is 21.6. The van der Waals surface area contributed by atoms with Crippen LogP contribution in [0, 0.1) is 0 Å². The van der Waals surface area contributed by atoms with Crippen molar-refractivity contribution in [2.45, 2.75) is 12.3 Å². The molecular formula is C8H10N2O2S. The Bertz CT molecular complexity index is 324. The van der Waals surface area contributed by atoms with E-state index in [9.17, 15) is 4.79 Å². The van der Waals surface area contributed by atoms with E-state index in [1.165, 1.54) is 11.3 Å². The molecule has 1 amide bonds. The number of nitrogens with one attached hydrogen (secondary N) is 1. The monoisotopic (exact) mass is 198 g/mol. The fourth-order valence-electron chi connectivity index (χ4n) is 1.36. The predicted octanol–water partition coefficient (Wildman–Crippen LogP) is 0.755. The molecule has 1 aromatic heterocycles. The predicted molar refractivity (Wildman–Crippen MR) is 49.0 cm³/mol. The molecule has 1 N–H and O–H groups in total. The average molecular weight is 198 g/mol. The van der Waals surface area contributed by atoms with Crippen molar-refractivity contribution < 1.29 is 9.53 Å². The van der Waals surface area contributed by atoms with Crippen LogP contribution in [0.3, 0.4) is 0 Å². The van der Waals surface area contributed by atoms with Crippen LogP contribution >= 0.6 is 11.3 Å². The van der Waals surface area contributed by atoms with Gasteiger partial charge in [-0.3, -0.25) is 4.79 Å². The Kier molecular flexibility index (Phi) is 2.18. The maximum absolute atomic E-state index is 10.9. The van der Waals surface area contributed by atoms with Crippen molar-refractivity contribution in [3.8, 4) is 5.19 Å². The minimum absolute atomic E-state index is 0.123. The smallest absolute Gasteiger partial charge is 0.273 e. The molecule has 4 nitrogen and oxygen atoms in total. The van der Waals surface area contributed by atoms with Crippen LogP contribution in [0.4, 0.5) is 0 Å². The van der Waals surface area contributed by atoms with Crippen LogP contribution in [0.1, 0.15) is 17.2 Å². The molecule has 1 unspecified atom stereocenters. The molecule has 0 aromatic carbocycles. The first-order chi connectivity index (χ1) is 6.29. The number of ether oxygens (including phenoxy) is 1. The lowest BCUT2D eigenvalue weighted by Gasteiger charge is -2.00. The van der Waals surface area contributed by atoms with Gasteiger partial charge in [0, 0.05) is 30.0 Å². The van der Waals surface area contributed by atoms with E-state index in [0.717, 1.165) is 11.4 Å². The van der Waals surface area contributed by atoms with Gasteiger partial charge < -0.3 is 10.1 Å². The first kappa shape index (κ1) is 8.50. The van der Waals surface area contributed by atoms with Crippen LogP contribution in [0.5, 0.6) is 5.19 Å². The summed E-state index contributed by atoms with van der Waals surface area (Å²) in [6, 6.07) is 0. The molecule has 0 spiro atoms. The van der Waals surface area contributed by atoms with Gasteiger partial charge in [-0.15, -0.1) is 0 Å². The Balaban J connectivity index is 2.12. The van der Waals surface area contributed by atoms with Crippen LogP contribution < -0.4 is 10.1 Å². The number of methoxy groups -OCH3 is 1. The fraction of sp³-hybridized carbons (Fsp3) is 0.500. The summed E-state index contributed by atoms with van der Waals surface area (Å²) in [6.45, 7) is 0.726. The summed E-state index contributed by atoms with van der Waals surface area (Å²) in [6.07, 6.45) is 2.36. The van der Waals surface area contributed by atoms with E-state index >= 15 is 0 Å². The first-order valence-electron chi connectivity index (χ1n) is 4.06. The van der Waals surface area contributed by atoms with Gasteiger partial charge in [-0.25, -0.2) is 4.98 Å². The average Bonchev–Trinajstić information content (AvgIpc) is 2.71. The van der Waals surface area contributed by atoms with Crippen molar-refractivity contribution in [3.63, 3.8) is 0 Å². The van der Waals surface area contributed by atoms with Gasteiger partial charge in [-0.2, -0.15) is 0 Å². The second-order valence-electron chi connectivity index (χ2n) is 2.94. The maximum Gasteiger partial charge on any atom is 0.273 e. The zero-order valence-corrected chi connectivity index (χ0v) is 8.06. The number of amides is 1. The number of nitrogens with zero attached hydrogens (tertiary/aromatic N) is 1. The topological polar surface area (TPSA) is 51.2 Å². The van der Waals surface area contributed by atoms with Crippen molar-refractivity contribution in [2.75, 3.05) is 13.7 Å². The third-order valence-electron chi connectivity index (χ3n) is 2.06. The molecule has 0 saturated carbocycles. The van der Waals surface area contributed by atoms with Crippen LogP contribution in [-0.4, -0.2) is 24.5 Å². The Morgan fingerprint density at radius 1 is 1.77 bits per heavy atom. The van der Waals surface area contributed by atoms with Gasteiger partial charge in [0.1, 0.15) is 0 Å². The zero-order valence-electron chi connectivity index (χ0n) is 7.24. The van der Waals surface area contributed by atoms with Crippen LogP contribution in [-0.2, 0) is 4.79 Å². The van der Waals surface area contributed by atoms with E-state index in [-0.39, 0.29) is 11.8 Å². The van der Waals surface area contributed by atoms with Gasteiger partial charge in [-0.1, -0.05) is 11.3 Å². The summed E-state index contributed by atoms with van der Waals surface area (Å²) in [5, 5.41) is 3.46. The minimum Gasteiger partial charge on any atom is -0.473 e. The molecule has 2 heterocycles. The van der Waals surface area contributed by atoms with Gasteiger partial charge in [0.05, 0.1) is 7.11 Å². The maximum atomic E-state index is 10.9. The van der Waals surface area contributed by atoms with Crippen LogP contribution in [0.2, 0.25) is 0 Å². The molecule has 1 aromatic rings. The Morgan fingerprint density at radius 2 is 2.62 bits per heavy atom. The van der Waals surface area contributed by atoms with Crippen molar-refractivity contribution in [3.05, 3.63) is 11.1 Å². The lowest BCUT2D eigenvalue weighted by atomic mass is 10.1. The second kappa shape index (κ2) is 3.33. The summed E-state index contributed by atoms with van der Waals surface area (Å²) < 4.78 is 4.98. The van der Waals surface area contributed by atoms with Gasteiger partial charge in [-0.05, 0) is 0 Å². The van der Waals surface area contributed by atoms with Gasteiger partial charge >= 0.3 is 0 Å². The highest BCUT2D eigenvalue weighted by Gasteiger charge is 2.24. The van der Waals surface area contributed by atoms with Crippen molar-refractivity contribution in [1.82, 2.24) is 10.3 Å². The van der Waals surface area contributed by atoms with Crippen LogP contribution in [0.15, 0.2) is 6.20 Å². The number of thiazole rings is 1. The molecule has 0 aliphatic carbocycles. The highest BCUT2D eigenvalue weighted by atomic mass is 32.1. The molecule has 1 aliphatic heterocycles. The van der Waals surface area contributed by atoms with E-state index in [2.05, 4.69) is 10.3 Å². The lowest BCUT2D eigenvalue weighted by Crippen LogP contribution is -2.13. The third-order valence-corrected chi connectivity index (χ3v) is 3.18. The fourth-order valence-corrected chi connectivity index (χ4v) is 2.19. The standard InChI is InChI=1S/C8H10N2O2S/c1-12-8-10-4-6(13-8)5-2-7(11)9-3-5/h4-5H,2-3H2,1H3,(H,9,11). The van der Waals surface area contributed by atoms with E-state index < -0.39 is 0 Å². The van der Waals surface area contributed by atoms with Crippen molar-refractivity contribution in [1.29, 1.82) is 0 Å². The highest BCUT2D eigenvalue weighted by Crippen LogP contribution is 2.30. The third kappa shape index (κ3) is 1.65. The minimum atomic E-state index is 0.123. The number of carbonyl (C=O) groups excluding carboxylic acids is 1. The van der Waals surface area contributed by atoms with E-state index in [1.54, 1.807) is 13.3 Å². The Morgan fingerprint density at radius 3 is 3.15 bits per heavy atom. The quantitative estimate of drug-likeness (QED) is 0.763. The first-order valence-corrected chi connectivity index (χ1v) is 4.87. The number of hydrogen-bond acceptors (Lipinski definition) is 4. The van der Waals surface area contributed by atoms with E-state index in [0.29, 0.717) is 11.6 Å². The summed E-state index contributed by atoms with van der Waals surface area (Å²) in [5.74, 6) is 0.409. The van der Waals surface area contributed by atoms with Crippen molar-refractivity contribution in [2.24, 2.45) is 0 Å². The summed E-state index contributed by atoms with van der Waals surface area (Å²) in [5.41, 5.74) is 0. The number of rotatable bonds is 2. The van der Waals surface area contributed by atoms with Gasteiger partial charge in [0.15, 0.2) is 0 Å². The SMILES string of the molecule is COc1ncc(C2CNC(=O)C2)s1. The van der Waals surface area contributed by atoms with Gasteiger partial charge in [0.2, 0.25) is 5.91 Å². The number of aromatic nitrogens is 1. The number of hydrogen-bond donors (Lipinski definition) is 1. The number of carbonyl (C=O) groups is 1.